The van der Waals surface area contributed by atoms with E-state index in [0.29, 0.717) is 0 Å². The van der Waals surface area contributed by atoms with Crippen LogP contribution >= 0.6 is 0 Å². The van der Waals surface area contributed by atoms with Crippen LogP contribution in [0.25, 0.3) is 0 Å². The molecule has 2 aromatic rings. The van der Waals surface area contributed by atoms with Gasteiger partial charge in [0.1, 0.15) is 0 Å². The first-order chi connectivity index (χ1) is 7.92. The Morgan fingerprint density at radius 3 is 1.56 bits per heavy atom. The second-order valence-electron chi connectivity index (χ2n) is 3.39. The van der Waals surface area contributed by atoms with E-state index in [4.69, 9.17) is 8.52 Å². The molecule has 0 aliphatic rings. The first kappa shape index (κ1) is 11.6. The van der Waals surface area contributed by atoms with Crippen molar-refractivity contribution in [2.24, 2.45) is 0 Å². The summed E-state index contributed by atoms with van der Waals surface area (Å²) in [5, 5.41) is 2.41. The van der Waals surface area contributed by atoms with E-state index in [2.05, 4.69) is 40.9 Å². The molecule has 0 N–H and O–H groups in total. The maximum absolute atomic E-state index is 5.42. The van der Waals surface area contributed by atoms with Crippen LogP contribution in [0.1, 0.15) is 0 Å². The van der Waals surface area contributed by atoms with E-state index in [1.165, 1.54) is 10.4 Å². The van der Waals surface area contributed by atoms with E-state index in [-0.39, 0.29) is 0 Å². The van der Waals surface area contributed by atoms with Gasteiger partial charge in [-0.15, -0.1) is 0 Å². The zero-order chi connectivity index (χ0) is 11.2. The molecule has 0 saturated heterocycles. The Kier molecular flexibility index (Phi) is 4.34. The van der Waals surface area contributed by atoms with Crippen LogP contribution in [0.15, 0.2) is 60.7 Å². The van der Waals surface area contributed by atoms with Gasteiger partial charge in [-0.05, 0) is 0 Å². The molecule has 2 rings (SSSR count). The van der Waals surface area contributed by atoms with Crippen LogP contribution in [0.5, 0.6) is 0 Å². The van der Waals surface area contributed by atoms with Crippen molar-refractivity contribution in [1.29, 1.82) is 0 Å². The van der Waals surface area contributed by atoms with Gasteiger partial charge in [-0.3, -0.25) is 0 Å². The van der Waals surface area contributed by atoms with E-state index < -0.39 is 9.04 Å². The Balaban J connectivity index is 2.31. The Morgan fingerprint density at radius 1 is 0.750 bits per heavy atom. The van der Waals surface area contributed by atoms with Crippen LogP contribution in [0, 0.1) is 0 Å². The van der Waals surface area contributed by atoms with Crippen LogP contribution in [0.2, 0.25) is 0 Å². The van der Waals surface area contributed by atoms with Crippen molar-refractivity contribution >= 4 is 36.0 Å². The number of benzene rings is 2. The molecule has 0 atom stereocenters. The number of hydrogen-bond acceptors (Lipinski definition) is 2. The van der Waals surface area contributed by atoms with Gasteiger partial charge in [0.2, 0.25) is 0 Å². The minimum absolute atomic E-state index is 1.20. The fourth-order valence-corrected chi connectivity index (χ4v) is 3.81. The summed E-state index contributed by atoms with van der Waals surface area (Å²) in [7, 11) is -1.69. The molecular formula is C12H11AlO2Si+2. The second-order valence-corrected chi connectivity index (χ2v) is 5.87. The second kappa shape index (κ2) is 6.00. The van der Waals surface area contributed by atoms with Gasteiger partial charge in [0.05, 0.1) is 0 Å². The summed E-state index contributed by atoms with van der Waals surface area (Å²) in [5.41, 5.74) is 0. The van der Waals surface area contributed by atoms with E-state index in [9.17, 15) is 0 Å². The molecule has 2 aromatic carbocycles. The average molecular weight is 242 g/mol. The molecule has 2 nitrogen and oxygen atoms in total. The Hall–Kier alpha value is -0.891. The average Bonchev–Trinajstić information content (AvgIpc) is 2.38. The first-order valence-corrected chi connectivity index (χ1v) is 7.13. The van der Waals surface area contributed by atoms with Crippen LogP contribution in [-0.4, -0.2) is 25.7 Å². The maximum atomic E-state index is 5.42. The van der Waals surface area contributed by atoms with Crippen molar-refractivity contribution in [3.63, 3.8) is 0 Å². The molecule has 0 radical (unpaired) electrons. The predicted molar refractivity (Wildman–Crippen MR) is 67.2 cm³/mol. The predicted octanol–water partition coefficient (Wildman–Crippen LogP) is 0.556. The van der Waals surface area contributed by atoms with Crippen molar-refractivity contribution in [2.45, 2.75) is 0 Å². The quantitative estimate of drug-likeness (QED) is 0.443. The van der Waals surface area contributed by atoms with Crippen molar-refractivity contribution in [1.82, 2.24) is 0 Å². The molecule has 0 aromatic heterocycles. The molecule has 16 heavy (non-hydrogen) atoms. The third-order valence-corrected chi connectivity index (χ3v) is 4.97. The van der Waals surface area contributed by atoms with E-state index in [1.54, 1.807) is 0 Å². The standard InChI is InChI=1S/C12H12O2Si.Al/c13-14-15(11-7-3-1-4-8-11)12-9-5-2-6-10-12;/h1-10,13,15H;/q;+3/p-1. The summed E-state index contributed by atoms with van der Waals surface area (Å²) in [6.45, 7) is 0. The Morgan fingerprint density at radius 2 is 1.19 bits per heavy atom. The van der Waals surface area contributed by atoms with Gasteiger partial charge < -0.3 is 0 Å². The zero-order valence-corrected chi connectivity index (χ0v) is 11.1. The molecule has 0 bridgehead atoms. The molecular weight excluding hydrogens is 231 g/mol. The summed E-state index contributed by atoms with van der Waals surface area (Å²) < 4.78 is 10.2. The van der Waals surface area contributed by atoms with Gasteiger partial charge in [-0.1, -0.05) is 0 Å². The van der Waals surface area contributed by atoms with Crippen molar-refractivity contribution in [3.05, 3.63) is 60.7 Å². The topological polar surface area (TPSA) is 18.5 Å². The van der Waals surface area contributed by atoms with Crippen molar-refractivity contribution < 1.29 is 8.52 Å². The Bertz CT molecular complexity index is 382. The third kappa shape index (κ3) is 2.82. The molecule has 0 aliphatic carbocycles. The summed E-state index contributed by atoms with van der Waals surface area (Å²) in [4.78, 5) is 0. The molecule has 0 amide bonds. The van der Waals surface area contributed by atoms with Crippen LogP contribution < -0.4 is 10.4 Å². The van der Waals surface area contributed by atoms with Crippen LogP contribution in [-0.2, 0) is 8.52 Å². The molecule has 0 heterocycles. The third-order valence-electron chi connectivity index (χ3n) is 2.36. The van der Waals surface area contributed by atoms with E-state index >= 15 is 0 Å². The first-order valence-electron chi connectivity index (χ1n) is 5.04. The molecule has 0 fully saturated rings. The normalized spacial score (nSPS) is 10.7. The summed E-state index contributed by atoms with van der Waals surface area (Å²) in [5.74, 6) is 0. The van der Waals surface area contributed by atoms with Crippen LogP contribution in [0.4, 0.5) is 0 Å². The van der Waals surface area contributed by atoms with Gasteiger partial charge >= 0.3 is 105 Å². The van der Waals surface area contributed by atoms with E-state index in [1.807, 2.05) is 36.4 Å². The fraction of sp³-hybridized carbons (Fsp3) is 0. The Labute approximate surface area is 105 Å². The van der Waals surface area contributed by atoms with Gasteiger partial charge in [0.15, 0.2) is 0 Å². The molecule has 0 spiro atoms. The van der Waals surface area contributed by atoms with Crippen molar-refractivity contribution in [2.75, 3.05) is 0 Å². The summed E-state index contributed by atoms with van der Waals surface area (Å²) in [6, 6.07) is 20.4. The molecule has 0 aliphatic heterocycles. The fourth-order valence-electron chi connectivity index (χ4n) is 1.61. The minimum atomic E-state index is -1.69. The monoisotopic (exact) mass is 242 g/mol. The molecule has 4 heteroatoms. The summed E-state index contributed by atoms with van der Waals surface area (Å²) in [6.07, 6.45) is 0. The van der Waals surface area contributed by atoms with Gasteiger partial charge in [-0.2, -0.15) is 0 Å². The number of hydrogen-bond donors (Lipinski definition) is 0. The van der Waals surface area contributed by atoms with Crippen LogP contribution in [0.3, 0.4) is 0 Å². The summed E-state index contributed by atoms with van der Waals surface area (Å²) >= 11 is 2.14. The SMILES string of the molecule is [Al+2][O]O[SiH](c1ccccc1)c1ccccc1. The van der Waals surface area contributed by atoms with Gasteiger partial charge in [0, 0.05) is 0 Å². The van der Waals surface area contributed by atoms with Crippen molar-refractivity contribution in [3.8, 4) is 0 Å². The van der Waals surface area contributed by atoms with E-state index in [0.717, 1.165) is 0 Å². The van der Waals surface area contributed by atoms with Gasteiger partial charge in [-0.25, -0.2) is 0 Å². The molecule has 0 saturated carbocycles. The zero-order valence-electron chi connectivity index (χ0n) is 8.74. The number of rotatable bonds is 4. The molecule has 0 unspecified atom stereocenters. The van der Waals surface area contributed by atoms with Gasteiger partial charge in [0.25, 0.3) is 0 Å². The molecule has 76 valence electrons.